The number of pyridine rings is 1. The van der Waals surface area contributed by atoms with Gasteiger partial charge < -0.3 is 16.2 Å². The van der Waals surface area contributed by atoms with Crippen molar-refractivity contribution in [3.8, 4) is 22.3 Å². The van der Waals surface area contributed by atoms with Crippen LogP contribution in [0.25, 0.3) is 22.3 Å². The number of halogens is 5. The first-order valence-corrected chi connectivity index (χ1v) is 11.1. The Morgan fingerprint density at radius 2 is 1.76 bits per heavy atom. The standard InChI is InChI=1S/C25H20F5N5O.CH4O/c1-13-21(12-35(34-13)25(29)30)17-7-20(23(31)32-11-17)16-2-3-19(22(28)8-16)24(36)33-10-15-4-14(9-26)5-18(27)6-15;1-2/h2-8,11-12,25H,9-10H2,1H3,(H2,31,32)(H,33,36);2H,1H3. The highest BCUT2D eigenvalue weighted by Crippen LogP contribution is 2.32. The van der Waals surface area contributed by atoms with E-state index >= 15 is 0 Å². The number of nitrogen functional groups attached to an aromatic ring is 1. The van der Waals surface area contributed by atoms with Crippen LogP contribution in [-0.4, -0.2) is 32.9 Å². The molecule has 0 spiro atoms. The number of aromatic nitrogens is 3. The molecule has 2 aromatic heterocycles. The zero-order chi connectivity index (χ0) is 28.0. The molecule has 200 valence electrons. The number of carbonyl (C=O) groups is 1. The number of anilines is 1. The number of hydrogen-bond donors (Lipinski definition) is 3. The summed E-state index contributed by atoms with van der Waals surface area (Å²) in [6.07, 6.45) is 2.58. The first kappa shape index (κ1) is 28.3. The Hall–Kier alpha value is -4.32. The minimum absolute atomic E-state index is 0.0732. The zero-order valence-corrected chi connectivity index (χ0v) is 20.4. The molecule has 0 radical (unpaired) electrons. The third-order valence-corrected chi connectivity index (χ3v) is 5.50. The van der Waals surface area contributed by atoms with Gasteiger partial charge in [-0.1, -0.05) is 12.1 Å². The van der Waals surface area contributed by atoms with Crippen LogP contribution in [0.2, 0.25) is 0 Å². The molecule has 38 heavy (non-hydrogen) atoms. The molecule has 2 heterocycles. The zero-order valence-electron chi connectivity index (χ0n) is 20.4. The number of rotatable bonds is 7. The molecular formula is C26H24F5N5O2. The molecule has 0 fully saturated rings. The molecular weight excluding hydrogens is 509 g/mol. The second-order valence-corrected chi connectivity index (χ2v) is 8.02. The van der Waals surface area contributed by atoms with Crippen LogP contribution in [0.15, 0.2) is 54.9 Å². The van der Waals surface area contributed by atoms with Crippen LogP contribution in [0, 0.1) is 18.6 Å². The summed E-state index contributed by atoms with van der Waals surface area (Å²) >= 11 is 0. The minimum Gasteiger partial charge on any atom is -0.400 e. The summed E-state index contributed by atoms with van der Waals surface area (Å²) in [6, 6.07) is 8.99. The average molecular weight is 534 g/mol. The van der Waals surface area contributed by atoms with Crippen molar-refractivity contribution in [1.29, 1.82) is 0 Å². The second-order valence-electron chi connectivity index (χ2n) is 8.02. The lowest BCUT2D eigenvalue weighted by Gasteiger charge is -2.11. The van der Waals surface area contributed by atoms with Gasteiger partial charge in [-0.15, -0.1) is 0 Å². The monoisotopic (exact) mass is 533 g/mol. The summed E-state index contributed by atoms with van der Waals surface area (Å²) in [7, 11) is 1.00. The van der Waals surface area contributed by atoms with E-state index in [2.05, 4.69) is 15.4 Å². The van der Waals surface area contributed by atoms with Gasteiger partial charge in [-0.3, -0.25) is 4.79 Å². The van der Waals surface area contributed by atoms with Gasteiger partial charge >= 0.3 is 6.55 Å². The highest BCUT2D eigenvalue weighted by molar-refractivity contribution is 5.95. The third kappa shape index (κ3) is 6.32. The highest BCUT2D eigenvalue weighted by Gasteiger charge is 2.17. The fourth-order valence-corrected chi connectivity index (χ4v) is 3.76. The maximum atomic E-state index is 14.9. The predicted molar refractivity (Wildman–Crippen MR) is 132 cm³/mol. The van der Waals surface area contributed by atoms with Crippen molar-refractivity contribution < 1.29 is 31.9 Å². The van der Waals surface area contributed by atoms with E-state index in [0.717, 1.165) is 25.3 Å². The molecule has 0 bridgehead atoms. The number of benzene rings is 2. The van der Waals surface area contributed by atoms with Crippen LogP contribution in [-0.2, 0) is 13.2 Å². The Morgan fingerprint density at radius 3 is 2.39 bits per heavy atom. The van der Waals surface area contributed by atoms with E-state index in [-0.39, 0.29) is 23.5 Å². The molecule has 12 heteroatoms. The van der Waals surface area contributed by atoms with Gasteiger partial charge in [-0.2, -0.15) is 13.9 Å². The molecule has 4 aromatic rings. The van der Waals surface area contributed by atoms with Crippen LogP contribution in [0.5, 0.6) is 0 Å². The maximum Gasteiger partial charge on any atom is 0.333 e. The van der Waals surface area contributed by atoms with Crippen molar-refractivity contribution in [2.75, 3.05) is 12.8 Å². The second kappa shape index (κ2) is 12.3. The van der Waals surface area contributed by atoms with Gasteiger partial charge in [0.05, 0.1) is 11.3 Å². The van der Waals surface area contributed by atoms with Crippen molar-refractivity contribution in [3.63, 3.8) is 0 Å². The molecule has 0 atom stereocenters. The van der Waals surface area contributed by atoms with E-state index < -0.39 is 30.8 Å². The fraction of sp³-hybridized carbons (Fsp3) is 0.192. The summed E-state index contributed by atoms with van der Waals surface area (Å²) in [5.74, 6) is -2.17. The van der Waals surface area contributed by atoms with Crippen LogP contribution in [0.1, 0.15) is 33.7 Å². The Bertz CT molecular complexity index is 1440. The van der Waals surface area contributed by atoms with Crippen LogP contribution < -0.4 is 11.1 Å². The molecule has 4 N–H and O–H groups in total. The van der Waals surface area contributed by atoms with E-state index in [4.69, 9.17) is 10.8 Å². The number of amides is 1. The lowest BCUT2D eigenvalue weighted by molar-refractivity contribution is 0.0563. The van der Waals surface area contributed by atoms with Crippen molar-refractivity contribution in [3.05, 3.63) is 88.9 Å². The van der Waals surface area contributed by atoms with E-state index in [0.29, 0.717) is 38.2 Å². The number of nitrogens with one attached hydrogen (secondary N) is 1. The van der Waals surface area contributed by atoms with E-state index in [1.54, 1.807) is 13.0 Å². The van der Waals surface area contributed by atoms with Gasteiger partial charge in [0, 0.05) is 42.7 Å². The van der Waals surface area contributed by atoms with Crippen molar-refractivity contribution >= 4 is 11.7 Å². The number of nitrogens with two attached hydrogens (primary N) is 1. The normalized spacial score (nSPS) is 10.8. The summed E-state index contributed by atoms with van der Waals surface area (Å²) < 4.78 is 67.8. The topological polar surface area (TPSA) is 106 Å². The SMILES string of the molecule is CO.Cc1nn(C(F)F)cc1-c1cnc(N)c(-c2ccc(C(=O)NCc3cc(F)cc(CF)c3)c(F)c2)c1. The van der Waals surface area contributed by atoms with Gasteiger partial charge in [0.2, 0.25) is 0 Å². The van der Waals surface area contributed by atoms with Crippen LogP contribution in [0.3, 0.4) is 0 Å². The Morgan fingerprint density at radius 1 is 1.05 bits per heavy atom. The molecule has 0 unspecified atom stereocenters. The molecule has 0 aliphatic carbocycles. The van der Waals surface area contributed by atoms with E-state index in [1.165, 1.54) is 30.6 Å². The Balaban J connectivity index is 0.00000195. The molecule has 0 saturated heterocycles. The Labute approximate surface area is 214 Å². The quantitative estimate of drug-likeness (QED) is 0.284. The van der Waals surface area contributed by atoms with Crippen molar-refractivity contribution in [2.45, 2.75) is 26.7 Å². The molecule has 2 aromatic carbocycles. The van der Waals surface area contributed by atoms with E-state index in [9.17, 15) is 26.7 Å². The average Bonchev–Trinajstić information content (AvgIpc) is 3.30. The fourth-order valence-electron chi connectivity index (χ4n) is 3.76. The number of hydrogen-bond acceptors (Lipinski definition) is 5. The molecule has 7 nitrogen and oxygen atoms in total. The smallest absolute Gasteiger partial charge is 0.333 e. The number of aliphatic hydroxyl groups excluding tert-OH is 1. The number of aliphatic hydroxyl groups is 1. The largest absolute Gasteiger partial charge is 0.400 e. The predicted octanol–water partition coefficient (Wildman–Crippen LogP) is 5.18. The first-order valence-electron chi connectivity index (χ1n) is 11.1. The lowest BCUT2D eigenvalue weighted by atomic mass is 10.00. The highest BCUT2D eigenvalue weighted by atomic mass is 19.3. The summed E-state index contributed by atoms with van der Waals surface area (Å²) in [5, 5.41) is 13.3. The van der Waals surface area contributed by atoms with Crippen molar-refractivity contribution in [2.24, 2.45) is 0 Å². The summed E-state index contributed by atoms with van der Waals surface area (Å²) in [6.45, 7) is -2.23. The first-order chi connectivity index (χ1) is 18.2. The molecule has 0 aliphatic rings. The number of aryl methyl sites for hydroxylation is 1. The van der Waals surface area contributed by atoms with Gasteiger partial charge in [-0.25, -0.2) is 22.8 Å². The molecule has 4 rings (SSSR count). The van der Waals surface area contributed by atoms with E-state index in [1.807, 2.05) is 0 Å². The maximum absolute atomic E-state index is 14.9. The number of carbonyl (C=O) groups excluding carboxylic acids is 1. The van der Waals surface area contributed by atoms with Crippen LogP contribution >= 0.6 is 0 Å². The van der Waals surface area contributed by atoms with Crippen LogP contribution in [0.4, 0.5) is 27.8 Å². The van der Waals surface area contributed by atoms with Gasteiger partial charge in [0.15, 0.2) is 0 Å². The lowest BCUT2D eigenvalue weighted by Crippen LogP contribution is -2.24. The molecule has 0 aliphatic heterocycles. The van der Waals surface area contributed by atoms with Gasteiger partial charge in [0.1, 0.15) is 24.1 Å². The summed E-state index contributed by atoms with van der Waals surface area (Å²) in [4.78, 5) is 16.6. The Kier molecular flexibility index (Phi) is 9.13. The van der Waals surface area contributed by atoms with Gasteiger partial charge in [0.25, 0.3) is 5.91 Å². The number of alkyl halides is 3. The third-order valence-electron chi connectivity index (χ3n) is 5.50. The minimum atomic E-state index is -2.81. The molecule has 0 saturated carbocycles. The van der Waals surface area contributed by atoms with Crippen molar-refractivity contribution in [1.82, 2.24) is 20.1 Å². The summed E-state index contributed by atoms with van der Waals surface area (Å²) in [5.41, 5.74) is 8.02. The number of nitrogens with zero attached hydrogens (tertiary/aromatic N) is 3. The molecule has 1 amide bonds. The van der Waals surface area contributed by atoms with Gasteiger partial charge in [-0.05, 0) is 53.9 Å².